The van der Waals surface area contributed by atoms with Gasteiger partial charge in [0.1, 0.15) is 0 Å². The molecule has 3 aromatic rings. The van der Waals surface area contributed by atoms with E-state index in [9.17, 15) is 0 Å². The van der Waals surface area contributed by atoms with Crippen LogP contribution >= 0.6 is 0 Å². The van der Waals surface area contributed by atoms with E-state index in [1.165, 1.54) is 11.3 Å². The number of hydrogen-bond donors (Lipinski definition) is 0. The molecule has 1 aromatic carbocycles. The van der Waals surface area contributed by atoms with Crippen LogP contribution in [0.5, 0.6) is 0 Å². The molecule has 8 nitrogen and oxygen atoms in total. The molecular weight excluding hydrogens is 400 g/mol. The van der Waals surface area contributed by atoms with Crippen molar-refractivity contribution in [3.63, 3.8) is 0 Å². The van der Waals surface area contributed by atoms with Crippen molar-refractivity contribution in [2.45, 2.75) is 54.9 Å². The highest BCUT2D eigenvalue weighted by Gasteiger charge is 2.16. The Morgan fingerprint density at radius 1 is 1.00 bits per heavy atom. The molecule has 0 spiro atoms. The van der Waals surface area contributed by atoms with E-state index < -0.39 is 0 Å². The lowest BCUT2D eigenvalue weighted by molar-refractivity contribution is 0.769. The SMILES string of the molecule is CC.CC/C=N\N(CC)c1nc(-c2ccc(N(CC)CC)c(C)c2)nc(-n2cccn2)n1. The summed E-state index contributed by atoms with van der Waals surface area (Å²) in [6.45, 7) is 17.1. The van der Waals surface area contributed by atoms with Gasteiger partial charge in [0.15, 0.2) is 5.82 Å². The zero-order valence-electron chi connectivity index (χ0n) is 20.4. The Morgan fingerprint density at radius 2 is 1.75 bits per heavy atom. The Bertz CT molecular complexity index is 978. The summed E-state index contributed by atoms with van der Waals surface area (Å²) >= 11 is 0. The van der Waals surface area contributed by atoms with Crippen molar-refractivity contribution in [1.82, 2.24) is 24.7 Å². The van der Waals surface area contributed by atoms with Gasteiger partial charge in [-0.15, -0.1) is 0 Å². The Balaban J connectivity index is 0.00000176. The minimum atomic E-state index is 0.468. The molecule has 0 atom stereocenters. The van der Waals surface area contributed by atoms with Crippen molar-refractivity contribution in [2.75, 3.05) is 29.5 Å². The summed E-state index contributed by atoms with van der Waals surface area (Å²) in [6, 6.07) is 8.18. The summed E-state index contributed by atoms with van der Waals surface area (Å²) in [4.78, 5) is 16.4. The molecule has 172 valence electrons. The molecule has 0 saturated heterocycles. The normalized spacial score (nSPS) is 10.7. The molecule has 0 N–H and O–H groups in total. The number of rotatable bonds is 9. The van der Waals surface area contributed by atoms with Crippen molar-refractivity contribution >= 4 is 17.9 Å². The maximum atomic E-state index is 4.73. The summed E-state index contributed by atoms with van der Waals surface area (Å²) in [7, 11) is 0. The zero-order valence-corrected chi connectivity index (χ0v) is 20.4. The minimum absolute atomic E-state index is 0.468. The highest BCUT2D eigenvalue weighted by Crippen LogP contribution is 2.26. The lowest BCUT2D eigenvalue weighted by Crippen LogP contribution is -2.22. The molecule has 3 rings (SSSR count). The quantitative estimate of drug-likeness (QED) is 0.342. The van der Waals surface area contributed by atoms with Crippen LogP contribution in [0.15, 0.2) is 41.8 Å². The molecule has 32 heavy (non-hydrogen) atoms. The van der Waals surface area contributed by atoms with Crippen LogP contribution in [0.25, 0.3) is 17.3 Å². The van der Waals surface area contributed by atoms with Crippen LogP contribution in [0.3, 0.4) is 0 Å². The van der Waals surface area contributed by atoms with E-state index in [0.29, 0.717) is 24.3 Å². The van der Waals surface area contributed by atoms with Crippen LogP contribution in [-0.2, 0) is 0 Å². The third-order valence-corrected chi connectivity index (χ3v) is 4.81. The molecule has 8 heteroatoms. The number of aromatic nitrogens is 5. The second-order valence-electron chi connectivity index (χ2n) is 6.81. The molecule has 2 heterocycles. The first-order valence-corrected chi connectivity index (χ1v) is 11.5. The third-order valence-electron chi connectivity index (χ3n) is 4.81. The van der Waals surface area contributed by atoms with Crippen molar-refractivity contribution in [3.05, 3.63) is 42.2 Å². The van der Waals surface area contributed by atoms with Crippen LogP contribution < -0.4 is 9.91 Å². The Kier molecular flexibility index (Phi) is 9.78. The fraction of sp³-hybridized carbons (Fsp3) is 0.458. The zero-order chi connectivity index (χ0) is 23.5. The van der Waals surface area contributed by atoms with E-state index in [1.807, 2.05) is 46.2 Å². The molecule has 0 aliphatic rings. The monoisotopic (exact) mass is 436 g/mol. The number of nitrogens with zero attached hydrogens (tertiary/aromatic N) is 8. The minimum Gasteiger partial charge on any atom is -0.372 e. The summed E-state index contributed by atoms with van der Waals surface area (Å²) in [5, 5.41) is 10.5. The first kappa shape index (κ1) is 25.0. The van der Waals surface area contributed by atoms with E-state index >= 15 is 0 Å². The van der Waals surface area contributed by atoms with Crippen LogP contribution in [-0.4, -0.2) is 50.6 Å². The van der Waals surface area contributed by atoms with Gasteiger partial charge in [-0.05, 0) is 63.9 Å². The number of hydrogen-bond acceptors (Lipinski definition) is 7. The molecule has 2 aromatic heterocycles. The van der Waals surface area contributed by atoms with E-state index in [1.54, 1.807) is 15.9 Å². The topological polar surface area (TPSA) is 75.3 Å². The lowest BCUT2D eigenvalue weighted by atomic mass is 10.1. The van der Waals surface area contributed by atoms with Gasteiger partial charge < -0.3 is 4.90 Å². The molecule has 0 unspecified atom stereocenters. The van der Waals surface area contributed by atoms with Gasteiger partial charge in [-0.2, -0.15) is 25.2 Å². The maximum Gasteiger partial charge on any atom is 0.255 e. The number of benzene rings is 1. The van der Waals surface area contributed by atoms with Crippen molar-refractivity contribution < 1.29 is 0 Å². The smallest absolute Gasteiger partial charge is 0.255 e. The van der Waals surface area contributed by atoms with Gasteiger partial charge in [0, 0.05) is 49.5 Å². The van der Waals surface area contributed by atoms with Gasteiger partial charge >= 0.3 is 0 Å². The van der Waals surface area contributed by atoms with Gasteiger partial charge in [-0.3, -0.25) is 0 Å². The number of aryl methyl sites for hydroxylation is 1. The van der Waals surface area contributed by atoms with Crippen LogP contribution in [0.2, 0.25) is 0 Å². The predicted molar refractivity (Wildman–Crippen MR) is 134 cm³/mol. The Hall–Kier alpha value is -3.29. The first-order chi connectivity index (χ1) is 15.6. The standard InChI is InChI=1S/C22H30N8.C2H6/c1-6-13-23-29(9-4)21-25-20(26-22(27-21)30-15-10-14-24-30)18-11-12-19(17(5)16-18)28(7-2)8-3;1-2/h10-16H,6-9H2,1-5H3;1-2H3/b23-13-;. The van der Waals surface area contributed by atoms with Crippen molar-refractivity contribution in [1.29, 1.82) is 0 Å². The van der Waals surface area contributed by atoms with E-state index in [-0.39, 0.29) is 0 Å². The second kappa shape index (κ2) is 12.5. The van der Waals surface area contributed by atoms with Gasteiger partial charge in [-0.25, -0.2) is 9.69 Å². The molecule has 0 saturated carbocycles. The molecule has 0 amide bonds. The summed E-state index contributed by atoms with van der Waals surface area (Å²) in [6.07, 6.45) is 6.22. The molecule has 0 fully saturated rings. The summed E-state index contributed by atoms with van der Waals surface area (Å²) < 4.78 is 1.64. The van der Waals surface area contributed by atoms with Crippen molar-refractivity contribution in [2.24, 2.45) is 5.10 Å². The van der Waals surface area contributed by atoms with Crippen LogP contribution in [0.1, 0.15) is 53.5 Å². The van der Waals surface area contributed by atoms with Crippen molar-refractivity contribution in [3.8, 4) is 17.3 Å². The lowest BCUT2D eigenvalue weighted by Gasteiger charge is -2.23. The number of anilines is 2. The molecular formula is C24H36N8. The average molecular weight is 437 g/mol. The highest BCUT2D eigenvalue weighted by molar-refractivity contribution is 5.65. The largest absolute Gasteiger partial charge is 0.372 e. The van der Waals surface area contributed by atoms with Gasteiger partial charge in [0.05, 0.1) is 0 Å². The molecule has 0 aliphatic heterocycles. The van der Waals surface area contributed by atoms with Crippen LogP contribution in [0.4, 0.5) is 11.6 Å². The summed E-state index contributed by atoms with van der Waals surface area (Å²) in [5.74, 6) is 1.57. The maximum absolute atomic E-state index is 4.73. The average Bonchev–Trinajstić information content (AvgIpc) is 3.37. The molecule has 0 bridgehead atoms. The Labute approximate surface area is 192 Å². The van der Waals surface area contributed by atoms with Gasteiger partial charge in [0.2, 0.25) is 0 Å². The number of hydrazone groups is 1. The second-order valence-corrected chi connectivity index (χ2v) is 6.81. The van der Waals surface area contributed by atoms with Gasteiger partial charge in [0.25, 0.3) is 11.9 Å². The predicted octanol–water partition coefficient (Wildman–Crippen LogP) is 5.13. The highest BCUT2D eigenvalue weighted by atomic mass is 15.5. The fourth-order valence-electron chi connectivity index (χ4n) is 3.26. The van der Waals surface area contributed by atoms with E-state index in [2.05, 4.69) is 64.0 Å². The first-order valence-electron chi connectivity index (χ1n) is 11.5. The van der Waals surface area contributed by atoms with E-state index in [0.717, 1.165) is 25.1 Å². The van der Waals surface area contributed by atoms with Crippen LogP contribution in [0, 0.1) is 6.92 Å². The van der Waals surface area contributed by atoms with Gasteiger partial charge in [-0.1, -0.05) is 20.8 Å². The molecule has 0 aliphatic carbocycles. The Morgan fingerprint density at radius 3 is 2.31 bits per heavy atom. The summed E-state index contributed by atoms with van der Waals surface area (Å²) in [5.41, 5.74) is 3.36. The molecule has 0 radical (unpaired) electrons. The van der Waals surface area contributed by atoms with E-state index in [4.69, 9.17) is 4.98 Å². The third kappa shape index (κ3) is 5.90. The fourth-order valence-corrected chi connectivity index (χ4v) is 3.26.